The van der Waals surface area contributed by atoms with E-state index in [0.29, 0.717) is 12.5 Å². The second-order valence-electron chi connectivity index (χ2n) is 4.77. The molecule has 0 aromatic carbocycles. The smallest absolute Gasteiger partial charge is 0.323 e. The van der Waals surface area contributed by atoms with Gasteiger partial charge in [0.15, 0.2) is 0 Å². The summed E-state index contributed by atoms with van der Waals surface area (Å²) < 4.78 is 5.02. The molecule has 0 aliphatic heterocycles. The maximum Gasteiger partial charge on any atom is 0.323 e. The summed E-state index contributed by atoms with van der Waals surface area (Å²) in [5.41, 5.74) is 0. The Bertz CT molecular complexity index is 207. The lowest BCUT2D eigenvalue weighted by atomic mass is 10.0. The molecule has 2 N–H and O–H groups in total. The molecule has 2 atom stereocenters. The van der Waals surface area contributed by atoms with Crippen LogP contribution in [-0.4, -0.2) is 36.4 Å². The van der Waals surface area contributed by atoms with Crippen molar-refractivity contribution >= 4 is 5.97 Å². The van der Waals surface area contributed by atoms with Crippen LogP contribution in [0.2, 0.25) is 0 Å². The first-order valence-electron chi connectivity index (χ1n) is 6.58. The van der Waals surface area contributed by atoms with Crippen LogP contribution >= 0.6 is 0 Å². The maximum absolute atomic E-state index is 11.7. The highest BCUT2D eigenvalue weighted by molar-refractivity contribution is 5.75. The van der Waals surface area contributed by atoms with Gasteiger partial charge in [-0.15, -0.1) is 0 Å². The third-order valence-corrected chi connectivity index (χ3v) is 2.56. The minimum atomic E-state index is -0.296. The fourth-order valence-corrected chi connectivity index (χ4v) is 1.85. The molecule has 0 bridgehead atoms. The van der Waals surface area contributed by atoms with Crippen molar-refractivity contribution in [3.05, 3.63) is 0 Å². The van der Waals surface area contributed by atoms with E-state index >= 15 is 0 Å². The molecular weight excluding hydrogens is 218 g/mol. The Labute approximate surface area is 105 Å². The lowest BCUT2D eigenvalue weighted by Crippen LogP contribution is -2.46. The van der Waals surface area contributed by atoms with Gasteiger partial charge in [-0.25, -0.2) is 0 Å². The van der Waals surface area contributed by atoms with Crippen molar-refractivity contribution in [2.75, 3.05) is 13.2 Å². The summed E-state index contributed by atoms with van der Waals surface area (Å²) in [4.78, 5) is 11.7. The molecule has 0 aliphatic rings. The van der Waals surface area contributed by atoms with E-state index in [1.54, 1.807) is 6.92 Å². The number of hydrogen-bond donors (Lipinski definition) is 2. The van der Waals surface area contributed by atoms with Gasteiger partial charge in [-0.3, -0.25) is 10.1 Å². The normalized spacial score (nSPS) is 14.7. The standard InChI is InChI=1S/C13H27NO3/c1-5-7-12(13(16)17-6-2)14-11(9-15)8-10(3)4/h10-12,14-15H,5-9H2,1-4H3. The maximum atomic E-state index is 11.7. The third kappa shape index (κ3) is 7.34. The summed E-state index contributed by atoms with van der Waals surface area (Å²) in [6.45, 7) is 8.49. The Morgan fingerprint density at radius 1 is 1.35 bits per heavy atom. The molecule has 4 heteroatoms. The van der Waals surface area contributed by atoms with Crippen LogP contribution < -0.4 is 5.32 Å². The van der Waals surface area contributed by atoms with E-state index in [1.165, 1.54) is 0 Å². The number of rotatable bonds is 9. The van der Waals surface area contributed by atoms with Crippen LogP contribution in [0.5, 0.6) is 0 Å². The van der Waals surface area contributed by atoms with E-state index in [9.17, 15) is 9.90 Å². The average molecular weight is 245 g/mol. The van der Waals surface area contributed by atoms with Crippen molar-refractivity contribution in [1.29, 1.82) is 0 Å². The largest absolute Gasteiger partial charge is 0.465 e. The van der Waals surface area contributed by atoms with Gasteiger partial charge >= 0.3 is 5.97 Å². The monoisotopic (exact) mass is 245 g/mol. The predicted octanol–water partition coefficient (Wildman–Crippen LogP) is 1.71. The number of esters is 1. The highest BCUT2D eigenvalue weighted by atomic mass is 16.5. The van der Waals surface area contributed by atoms with Crippen molar-refractivity contribution < 1.29 is 14.6 Å². The van der Waals surface area contributed by atoms with Crippen LogP contribution in [0.3, 0.4) is 0 Å². The first kappa shape index (κ1) is 16.4. The molecule has 0 aromatic rings. The van der Waals surface area contributed by atoms with Crippen LogP contribution in [0.15, 0.2) is 0 Å². The number of ether oxygens (including phenoxy) is 1. The lowest BCUT2D eigenvalue weighted by Gasteiger charge is -2.24. The SMILES string of the molecule is CCCC(NC(CO)CC(C)C)C(=O)OCC. The fraction of sp³-hybridized carbons (Fsp3) is 0.923. The first-order chi connectivity index (χ1) is 8.04. The third-order valence-electron chi connectivity index (χ3n) is 2.56. The number of aliphatic hydroxyl groups is 1. The van der Waals surface area contributed by atoms with Crippen LogP contribution in [0, 0.1) is 5.92 Å². The number of carbonyl (C=O) groups is 1. The molecule has 0 rings (SSSR count). The summed E-state index contributed by atoms with van der Waals surface area (Å²) in [5.74, 6) is 0.278. The Kier molecular flexibility index (Phi) is 9.09. The Morgan fingerprint density at radius 2 is 2.00 bits per heavy atom. The Balaban J connectivity index is 4.33. The van der Waals surface area contributed by atoms with Crippen molar-refractivity contribution in [2.24, 2.45) is 5.92 Å². The molecule has 2 unspecified atom stereocenters. The second-order valence-corrected chi connectivity index (χ2v) is 4.77. The molecule has 0 spiro atoms. The van der Waals surface area contributed by atoms with Gasteiger partial charge in [0.25, 0.3) is 0 Å². The predicted molar refractivity (Wildman–Crippen MR) is 68.8 cm³/mol. The molecule has 0 amide bonds. The zero-order valence-corrected chi connectivity index (χ0v) is 11.5. The molecule has 0 fully saturated rings. The fourth-order valence-electron chi connectivity index (χ4n) is 1.85. The topological polar surface area (TPSA) is 58.6 Å². The van der Waals surface area contributed by atoms with Gasteiger partial charge in [0.1, 0.15) is 6.04 Å². The Morgan fingerprint density at radius 3 is 2.41 bits per heavy atom. The van der Waals surface area contributed by atoms with Crippen molar-refractivity contribution in [2.45, 2.75) is 59.0 Å². The molecule has 102 valence electrons. The summed E-state index contributed by atoms with van der Waals surface area (Å²) in [6, 6.07) is -0.327. The zero-order valence-electron chi connectivity index (χ0n) is 11.5. The van der Waals surface area contributed by atoms with Gasteiger partial charge in [-0.2, -0.15) is 0 Å². The van der Waals surface area contributed by atoms with E-state index in [0.717, 1.165) is 19.3 Å². The summed E-state index contributed by atoms with van der Waals surface area (Å²) in [6.07, 6.45) is 2.51. The molecule has 0 radical (unpaired) electrons. The molecule has 4 nitrogen and oxygen atoms in total. The molecule has 17 heavy (non-hydrogen) atoms. The molecule has 0 aromatic heterocycles. The van der Waals surface area contributed by atoms with Crippen molar-refractivity contribution in [3.63, 3.8) is 0 Å². The van der Waals surface area contributed by atoms with Gasteiger partial charge in [0.2, 0.25) is 0 Å². The van der Waals surface area contributed by atoms with E-state index in [2.05, 4.69) is 19.2 Å². The van der Waals surface area contributed by atoms with Crippen LogP contribution in [0.25, 0.3) is 0 Å². The lowest BCUT2D eigenvalue weighted by molar-refractivity contribution is -0.146. The quantitative estimate of drug-likeness (QED) is 0.607. The van der Waals surface area contributed by atoms with Gasteiger partial charge < -0.3 is 9.84 Å². The van der Waals surface area contributed by atoms with Gasteiger partial charge in [-0.05, 0) is 25.7 Å². The highest BCUT2D eigenvalue weighted by Crippen LogP contribution is 2.08. The second kappa shape index (κ2) is 9.42. The number of carbonyl (C=O) groups excluding carboxylic acids is 1. The van der Waals surface area contributed by atoms with Crippen LogP contribution in [-0.2, 0) is 9.53 Å². The molecular formula is C13H27NO3. The number of hydrogen-bond acceptors (Lipinski definition) is 4. The zero-order chi connectivity index (χ0) is 13.3. The molecule has 0 saturated heterocycles. The number of aliphatic hydroxyl groups excluding tert-OH is 1. The molecule has 0 aliphatic carbocycles. The van der Waals surface area contributed by atoms with E-state index in [1.807, 2.05) is 6.92 Å². The van der Waals surface area contributed by atoms with Crippen LogP contribution in [0.1, 0.15) is 47.0 Å². The van der Waals surface area contributed by atoms with Crippen LogP contribution in [0.4, 0.5) is 0 Å². The summed E-state index contributed by atoms with van der Waals surface area (Å²) in [5, 5.41) is 12.5. The van der Waals surface area contributed by atoms with Crippen molar-refractivity contribution in [3.8, 4) is 0 Å². The minimum Gasteiger partial charge on any atom is -0.465 e. The van der Waals surface area contributed by atoms with E-state index in [4.69, 9.17) is 4.74 Å². The Hall–Kier alpha value is -0.610. The molecule has 0 saturated carbocycles. The summed E-state index contributed by atoms with van der Waals surface area (Å²) in [7, 11) is 0. The average Bonchev–Trinajstić information content (AvgIpc) is 2.27. The number of nitrogens with one attached hydrogen (secondary N) is 1. The van der Waals surface area contributed by atoms with E-state index < -0.39 is 0 Å². The first-order valence-corrected chi connectivity index (χ1v) is 6.58. The van der Waals surface area contributed by atoms with E-state index in [-0.39, 0.29) is 24.7 Å². The summed E-state index contributed by atoms with van der Waals surface area (Å²) >= 11 is 0. The molecule has 0 heterocycles. The minimum absolute atomic E-state index is 0.0315. The van der Waals surface area contributed by atoms with Gasteiger partial charge in [-0.1, -0.05) is 27.2 Å². The van der Waals surface area contributed by atoms with Gasteiger partial charge in [0, 0.05) is 6.04 Å². The highest BCUT2D eigenvalue weighted by Gasteiger charge is 2.22. The van der Waals surface area contributed by atoms with Crippen molar-refractivity contribution in [1.82, 2.24) is 5.32 Å². The van der Waals surface area contributed by atoms with Gasteiger partial charge in [0.05, 0.1) is 13.2 Å².